The van der Waals surface area contributed by atoms with Gasteiger partial charge in [-0.2, -0.15) is 0 Å². The van der Waals surface area contributed by atoms with E-state index in [2.05, 4.69) is 33.2 Å². The Bertz CT molecular complexity index is 1350. The number of aliphatic hydroxyl groups is 1. The fourth-order valence-corrected chi connectivity index (χ4v) is 4.77. The quantitative estimate of drug-likeness (QED) is 0.172. The van der Waals surface area contributed by atoms with E-state index in [4.69, 9.17) is 4.74 Å². The third kappa shape index (κ3) is 9.42. The molecule has 0 aliphatic heterocycles. The van der Waals surface area contributed by atoms with Gasteiger partial charge in [-0.1, -0.05) is 42.5 Å². The molecule has 0 fully saturated rings. The largest absolute Gasteiger partial charge is 0.457 e. The SMILES string of the molecule is O=C(Cc1ccc(Oc2ccccc2)cc1)N[C@@H](Cc1cc(F)cc(F)c1)[C@H](O)CNCc1cccc(I)c1. The average molecular weight is 642 g/mol. The summed E-state index contributed by atoms with van der Waals surface area (Å²) in [5, 5.41) is 17.0. The van der Waals surface area contributed by atoms with Gasteiger partial charge < -0.3 is 20.5 Å². The molecule has 0 heterocycles. The number of amides is 1. The molecule has 0 spiro atoms. The van der Waals surface area contributed by atoms with Crippen molar-refractivity contribution in [3.63, 3.8) is 0 Å². The summed E-state index contributed by atoms with van der Waals surface area (Å²) in [5.41, 5.74) is 2.16. The fraction of sp³-hybridized carbons (Fsp3) is 0.194. The Kier molecular flexibility index (Phi) is 10.4. The van der Waals surface area contributed by atoms with Crippen LogP contribution in [-0.2, 0) is 24.2 Å². The number of aliphatic hydroxyl groups excluding tert-OH is 1. The molecule has 4 rings (SSSR count). The van der Waals surface area contributed by atoms with E-state index >= 15 is 0 Å². The molecular formula is C31H29F2IN2O3. The van der Waals surface area contributed by atoms with Crippen molar-refractivity contribution < 1.29 is 23.4 Å². The smallest absolute Gasteiger partial charge is 0.224 e. The van der Waals surface area contributed by atoms with Crippen LogP contribution in [0.3, 0.4) is 0 Å². The number of ether oxygens (including phenoxy) is 1. The van der Waals surface area contributed by atoms with Crippen molar-refractivity contribution in [2.24, 2.45) is 0 Å². The highest BCUT2D eigenvalue weighted by Crippen LogP contribution is 2.21. The molecule has 0 unspecified atom stereocenters. The third-order valence-electron chi connectivity index (χ3n) is 6.03. The van der Waals surface area contributed by atoms with Crippen LogP contribution >= 0.6 is 22.6 Å². The minimum atomic E-state index is -0.996. The highest BCUT2D eigenvalue weighted by Gasteiger charge is 2.22. The van der Waals surface area contributed by atoms with Crippen molar-refractivity contribution in [3.8, 4) is 11.5 Å². The number of carbonyl (C=O) groups is 1. The molecule has 1 amide bonds. The standard InChI is InChI=1S/C31H29F2IN2O3/c32-24-13-23(14-25(33)18-24)16-29(30(37)20-35-19-22-5-4-6-26(34)15-22)36-31(38)17-21-9-11-28(12-10-21)39-27-7-2-1-3-8-27/h1-15,18,29-30,35,37H,16-17,19-20H2,(H,36,38)/t29-,30+/m0/s1. The number of para-hydroxylation sites is 1. The summed E-state index contributed by atoms with van der Waals surface area (Å²) in [4.78, 5) is 12.9. The molecule has 4 aromatic rings. The van der Waals surface area contributed by atoms with Gasteiger partial charge >= 0.3 is 0 Å². The first-order valence-electron chi connectivity index (χ1n) is 12.5. The van der Waals surface area contributed by atoms with Gasteiger partial charge in [0.15, 0.2) is 0 Å². The molecule has 5 nitrogen and oxygen atoms in total. The van der Waals surface area contributed by atoms with Crippen LogP contribution in [-0.4, -0.2) is 29.7 Å². The maximum Gasteiger partial charge on any atom is 0.224 e. The summed E-state index contributed by atoms with van der Waals surface area (Å²) >= 11 is 2.23. The predicted molar refractivity (Wildman–Crippen MR) is 156 cm³/mol. The lowest BCUT2D eigenvalue weighted by Gasteiger charge is -2.25. The molecule has 0 aliphatic rings. The zero-order chi connectivity index (χ0) is 27.6. The van der Waals surface area contributed by atoms with Gasteiger partial charge in [0.1, 0.15) is 23.1 Å². The van der Waals surface area contributed by atoms with Crippen LogP contribution in [0, 0.1) is 15.2 Å². The van der Waals surface area contributed by atoms with Crippen LogP contribution in [0.4, 0.5) is 8.78 Å². The zero-order valence-corrected chi connectivity index (χ0v) is 23.3. The van der Waals surface area contributed by atoms with E-state index in [1.807, 2.05) is 54.6 Å². The summed E-state index contributed by atoms with van der Waals surface area (Å²) in [6.45, 7) is 0.709. The molecule has 0 saturated heterocycles. The lowest BCUT2D eigenvalue weighted by molar-refractivity contribution is -0.122. The summed E-state index contributed by atoms with van der Waals surface area (Å²) in [6.07, 6.45) is -0.858. The van der Waals surface area contributed by atoms with Crippen molar-refractivity contribution in [1.29, 1.82) is 0 Å². The second-order valence-corrected chi connectivity index (χ2v) is 10.5. The number of hydrogen-bond acceptors (Lipinski definition) is 4. The van der Waals surface area contributed by atoms with Crippen LogP contribution in [0.2, 0.25) is 0 Å². The summed E-state index contributed by atoms with van der Waals surface area (Å²) in [5.74, 6) is -0.376. The molecule has 0 radical (unpaired) electrons. The van der Waals surface area contributed by atoms with E-state index in [0.29, 0.717) is 23.6 Å². The van der Waals surface area contributed by atoms with Crippen LogP contribution in [0.25, 0.3) is 0 Å². The van der Waals surface area contributed by atoms with Crippen molar-refractivity contribution in [1.82, 2.24) is 10.6 Å². The Morgan fingerprint density at radius 3 is 2.21 bits per heavy atom. The lowest BCUT2D eigenvalue weighted by atomic mass is 10.00. The molecule has 8 heteroatoms. The van der Waals surface area contributed by atoms with Gasteiger partial charge in [-0.3, -0.25) is 4.79 Å². The minimum Gasteiger partial charge on any atom is -0.457 e. The van der Waals surface area contributed by atoms with Gasteiger partial charge in [0, 0.05) is 22.7 Å². The van der Waals surface area contributed by atoms with Gasteiger partial charge in [-0.25, -0.2) is 8.78 Å². The average Bonchev–Trinajstić information content (AvgIpc) is 2.89. The number of nitrogens with one attached hydrogen (secondary N) is 2. The fourth-order valence-electron chi connectivity index (χ4n) is 4.16. The van der Waals surface area contributed by atoms with Gasteiger partial charge in [-0.15, -0.1) is 0 Å². The van der Waals surface area contributed by atoms with Crippen LogP contribution in [0.5, 0.6) is 11.5 Å². The predicted octanol–water partition coefficient (Wildman–Crippen LogP) is 5.78. The maximum atomic E-state index is 13.8. The van der Waals surface area contributed by atoms with Crippen molar-refractivity contribution in [3.05, 3.63) is 129 Å². The molecule has 39 heavy (non-hydrogen) atoms. The van der Waals surface area contributed by atoms with Gasteiger partial charge in [0.2, 0.25) is 5.91 Å². The number of rotatable bonds is 12. The highest BCUT2D eigenvalue weighted by atomic mass is 127. The lowest BCUT2D eigenvalue weighted by Crippen LogP contribution is -2.49. The Labute approximate surface area is 240 Å². The van der Waals surface area contributed by atoms with Crippen LogP contribution < -0.4 is 15.4 Å². The molecule has 4 aromatic carbocycles. The van der Waals surface area contributed by atoms with E-state index in [-0.39, 0.29) is 25.3 Å². The monoisotopic (exact) mass is 642 g/mol. The third-order valence-corrected chi connectivity index (χ3v) is 6.70. The Morgan fingerprint density at radius 1 is 0.821 bits per heavy atom. The van der Waals surface area contributed by atoms with Crippen molar-refractivity contribution >= 4 is 28.5 Å². The first-order valence-corrected chi connectivity index (χ1v) is 13.6. The van der Waals surface area contributed by atoms with E-state index in [9.17, 15) is 18.7 Å². The second-order valence-electron chi connectivity index (χ2n) is 9.22. The minimum absolute atomic E-state index is 0.0658. The topological polar surface area (TPSA) is 70.6 Å². The molecule has 0 saturated carbocycles. The van der Waals surface area contributed by atoms with Crippen LogP contribution in [0.15, 0.2) is 97.1 Å². The van der Waals surface area contributed by atoms with Crippen molar-refractivity contribution in [2.45, 2.75) is 31.5 Å². The number of halogens is 3. The number of hydrogen-bond donors (Lipinski definition) is 3. The normalized spacial score (nSPS) is 12.5. The zero-order valence-electron chi connectivity index (χ0n) is 21.1. The van der Waals surface area contributed by atoms with Crippen LogP contribution in [0.1, 0.15) is 16.7 Å². The first kappa shape index (κ1) is 28.7. The Balaban J connectivity index is 1.38. The summed E-state index contributed by atoms with van der Waals surface area (Å²) in [6, 6.07) is 27.0. The Morgan fingerprint density at radius 2 is 1.51 bits per heavy atom. The summed E-state index contributed by atoms with van der Waals surface area (Å²) < 4.78 is 34.5. The summed E-state index contributed by atoms with van der Waals surface area (Å²) in [7, 11) is 0. The molecule has 3 N–H and O–H groups in total. The molecule has 0 aliphatic carbocycles. The molecule has 202 valence electrons. The number of benzene rings is 4. The second kappa shape index (κ2) is 14.2. The first-order chi connectivity index (χ1) is 18.8. The van der Waals surface area contributed by atoms with E-state index in [1.165, 1.54) is 12.1 Å². The Hall–Kier alpha value is -3.34. The molecule has 2 atom stereocenters. The van der Waals surface area contributed by atoms with E-state index in [0.717, 1.165) is 20.8 Å². The number of carbonyl (C=O) groups excluding carboxylic acids is 1. The van der Waals surface area contributed by atoms with Gasteiger partial charge in [0.25, 0.3) is 0 Å². The van der Waals surface area contributed by atoms with Gasteiger partial charge in [0.05, 0.1) is 18.6 Å². The molecule has 0 bridgehead atoms. The van der Waals surface area contributed by atoms with E-state index in [1.54, 1.807) is 24.3 Å². The molecule has 0 aromatic heterocycles. The van der Waals surface area contributed by atoms with Gasteiger partial charge in [-0.05, 0) is 94.2 Å². The highest BCUT2D eigenvalue weighted by molar-refractivity contribution is 14.1. The maximum absolute atomic E-state index is 13.8. The van der Waals surface area contributed by atoms with Crippen molar-refractivity contribution in [2.75, 3.05) is 6.54 Å². The molecular weight excluding hydrogens is 613 g/mol. The van der Waals surface area contributed by atoms with E-state index < -0.39 is 23.8 Å².